The molecule has 1 aromatic carbocycles. The first-order valence-electron chi connectivity index (χ1n) is 14.5. The highest BCUT2D eigenvalue weighted by Crippen LogP contribution is 2.47. The zero-order chi connectivity index (χ0) is 28.7. The van der Waals surface area contributed by atoms with Crippen molar-refractivity contribution in [2.75, 3.05) is 33.4 Å². The summed E-state index contributed by atoms with van der Waals surface area (Å²) in [6.45, 7) is 8.39. The maximum atomic E-state index is 15.0. The van der Waals surface area contributed by atoms with Gasteiger partial charge in [-0.1, -0.05) is 25.0 Å². The maximum absolute atomic E-state index is 15.0. The van der Waals surface area contributed by atoms with Crippen LogP contribution in [0.2, 0.25) is 0 Å². The number of benzene rings is 1. The molecule has 214 valence electrons. The van der Waals surface area contributed by atoms with Crippen LogP contribution in [-0.4, -0.2) is 65.3 Å². The van der Waals surface area contributed by atoms with Crippen LogP contribution in [0.25, 0.3) is 0 Å². The van der Waals surface area contributed by atoms with Gasteiger partial charge in [0.1, 0.15) is 36.0 Å². The molecular weight excluding hydrogens is 509 g/mol. The number of aliphatic hydroxyl groups is 1. The van der Waals surface area contributed by atoms with Crippen molar-refractivity contribution in [3.8, 4) is 6.07 Å². The van der Waals surface area contributed by atoms with Crippen LogP contribution >= 0.6 is 0 Å². The Bertz CT molecular complexity index is 1320. The third-order valence-electron chi connectivity index (χ3n) is 9.47. The van der Waals surface area contributed by atoms with Crippen molar-refractivity contribution in [3.05, 3.63) is 57.7 Å². The highest BCUT2D eigenvalue weighted by molar-refractivity contribution is 6.04. The molecule has 7 nitrogen and oxygen atoms in total. The molecule has 8 heteroatoms. The zero-order valence-electron chi connectivity index (χ0n) is 24.2. The van der Waals surface area contributed by atoms with Gasteiger partial charge < -0.3 is 14.6 Å². The Morgan fingerprint density at radius 1 is 1.23 bits per heavy atom. The number of amidine groups is 1. The number of morpholine rings is 1. The van der Waals surface area contributed by atoms with Crippen molar-refractivity contribution in [3.63, 3.8) is 0 Å². The van der Waals surface area contributed by atoms with Crippen LogP contribution in [-0.2, 0) is 26.1 Å². The molecule has 0 bridgehead atoms. The van der Waals surface area contributed by atoms with E-state index in [0.29, 0.717) is 43.6 Å². The number of carbonyl (C=O) groups is 1. The Morgan fingerprint density at radius 2 is 1.93 bits per heavy atom. The number of allylic oxidation sites excluding steroid dienone is 1. The summed E-state index contributed by atoms with van der Waals surface area (Å²) >= 11 is 0. The number of nitriles is 1. The van der Waals surface area contributed by atoms with Crippen molar-refractivity contribution in [1.29, 1.82) is 5.26 Å². The minimum absolute atomic E-state index is 0.122. The van der Waals surface area contributed by atoms with Gasteiger partial charge in [-0.05, 0) is 64.0 Å². The summed E-state index contributed by atoms with van der Waals surface area (Å²) in [4.78, 5) is 15.7. The lowest BCUT2D eigenvalue weighted by Gasteiger charge is -2.42. The number of carbonyl (C=O) groups excluding carboxylic acids is 1. The Hall–Kier alpha value is -3.18. The van der Waals surface area contributed by atoms with Gasteiger partial charge in [-0.3, -0.25) is 4.58 Å². The van der Waals surface area contributed by atoms with Crippen LogP contribution in [0.1, 0.15) is 76.8 Å². The molecule has 1 aliphatic carbocycles. The largest absolute Gasteiger partial charge is 0.512 e. The van der Waals surface area contributed by atoms with Gasteiger partial charge in [-0.2, -0.15) is 5.26 Å². The first-order valence-corrected chi connectivity index (χ1v) is 14.5. The second kappa shape index (κ2) is 11.0. The predicted octanol–water partition coefficient (Wildman–Crippen LogP) is 5.30. The molecule has 0 amide bonds. The van der Waals surface area contributed by atoms with Crippen LogP contribution in [0.15, 0.2) is 40.8 Å². The fourth-order valence-electron chi connectivity index (χ4n) is 6.86. The summed E-state index contributed by atoms with van der Waals surface area (Å²) in [6, 6.07) is 7.20. The maximum Gasteiger partial charge on any atom is 0.338 e. The number of rotatable bonds is 7. The number of esters is 1. The number of cyclic esters (lactones) is 1. The summed E-state index contributed by atoms with van der Waals surface area (Å²) in [5.74, 6) is 0.534. The lowest BCUT2D eigenvalue weighted by atomic mass is 9.75. The summed E-state index contributed by atoms with van der Waals surface area (Å²) in [5, 5.41) is 20.8. The molecule has 1 N–H and O–H groups in total. The van der Waals surface area contributed by atoms with E-state index in [2.05, 4.69) is 15.5 Å². The van der Waals surface area contributed by atoms with E-state index in [-0.39, 0.29) is 18.1 Å². The fourth-order valence-corrected chi connectivity index (χ4v) is 6.86. The molecular formula is C32H41FN3O4+. The summed E-state index contributed by atoms with van der Waals surface area (Å²) in [7, 11) is 2.03. The van der Waals surface area contributed by atoms with E-state index in [1.165, 1.54) is 6.07 Å². The minimum Gasteiger partial charge on any atom is -0.512 e. The van der Waals surface area contributed by atoms with Crippen LogP contribution in [0.3, 0.4) is 0 Å². The quantitative estimate of drug-likeness (QED) is 0.366. The summed E-state index contributed by atoms with van der Waals surface area (Å²) in [6.07, 6.45) is 5.70. The number of likely N-dealkylation sites (N-methyl/N-ethyl adjacent to an activating group) is 1. The number of aliphatic hydroxyl groups excluding tert-OH is 1. The number of hydrogen-bond donors (Lipinski definition) is 1. The fraction of sp³-hybridized carbons (Fsp3) is 0.594. The van der Waals surface area contributed by atoms with Crippen LogP contribution < -0.4 is 0 Å². The molecule has 4 aliphatic rings. The standard InChI is InChI=1S/C32H40FN3O4/c1-21-24(29(35(21)4)36-13-15-39-16-14-36)18-25-28(37)19-32(40-30(25)38,23-7-5-6-8-23)12-11-22-9-10-26(27(33)17-22)31(2,3)20-34/h9-10,17,23H,5-8,11-16,18-19H2,1-4H3/p+1. The van der Waals surface area contributed by atoms with Crippen LogP contribution in [0.4, 0.5) is 4.39 Å². The normalized spacial score (nSPS) is 24.4. The lowest BCUT2D eigenvalue weighted by Crippen LogP contribution is -2.49. The number of hydrogen-bond acceptors (Lipinski definition) is 5. The molecule has 5 rings (SSSR count). The molecule has 1 unspecified atom stereocenters. The average Bonchev–Trinajstić information content (AvgIpc) is 3.49. The Morgan fingerprint density at radius 3 is 2.55 bits per heavy atom. The summed E-state index contributed by atoms with van der Waals surface area (Å²) in [5.41, 5.74) is 1.94. The number of aryl methyl sites for hydroxylation is 1. The van der Waals surface area contributed by atoms with E-state index in [1.54, 1.807) is 19.9 Å². The van der Waals surface area contributed by atoms with Gasteiger partial charge in [0.25, 0.3) is 5.84 Å². The molecule has 0 spiro atoms. The van der Waals surface area contributed by atoms with Gasteiger partial charge in [0.05, 0.1) is 42.9 Å². The van der Waals surface area contributed by atoms with Crippen molar-refractivity contribution in [1.82, 2.24) is 4.90 Å². The van der Waals surface area contributed by atoms with E-state index < -0.39 is 22.8 Å². The monoisotopic (exact) mass is 550 g/mol. The van der Waals surface area contributed by atoms with E-state index in [9.17, 15) is 19.6 Å². The van der Waals surface area contributed by atoms with Gasteiger partial charge in [0, 0.05) is 18.4 Å². The van der Waals surface area contributed by atoms with Crippen LogP contribution in [0.5, 0.6) is 0 Å². The van der Waals surface area contributed by atoms with Gasteiger partial charge in [-0.15, -0.1) is 0 Å². The van der Waals surface area contributed by atoms with E-state index in [0.717, 1.165) is 61.4 Å². The third kappa shape index (κ3) is 5.16. The first kappa shape index (κ1) is 28.4. The second-order valence-corrected chi connectivity index (χ2v) is 12.3. The molecule has 1 saturated heterocycles. The molecule has 0 aromatic heterocycles. The molecule has 1 aromatic rings. The number of ether oxygens (including phenoxy) is 2. The summed E-state index contributed by atoms with van der Waals surface area (Å²) < 4.78 is 29.1. The molecule has 2 fully saturated rings. The van der Waals surface area contributed by atoms with Gasteiger partial charge in [0.15, 0.2) is 0 Å². The van der Waals surface area contributed by atoms with Crippen molar-refractivity contribution >= 4 is 11.8 Å². The smallest absolute Gasteiger partial charge is 0.338 e. The predicted molar refractivity (Wildman–Crippen MR) is 149 cm³/mol. The second-order valence-electron chi connectivity index (χ2n) is 12.3. The molecule has 1 atom stereocenters. The zero-order valence-corrected chi connectivity index (χ0v) is 24.2. The van der Waals surface area contributed by atoms with E-state index in [4.69, 9.17) is 9.47 Å². The van der Waals surface area contributed by atoms with E-state index >= 15 is 0 Å². The Kier molecular flexibility index (Phi) is 7.80. The highest BCUT2D eigenvalue weighted by Gasteiger charge is 2.49. The SMILES string of the molecule is CC1=C(CC2=C(O)CC(CCc3ccc(C(C)(C)C#N)c(F)c3)(C3CCCC3)OC2=O)C(=[N+]2CCOCC2)N1C. The van der Waals surface area contributed by atoms with Gasteiger partial charge in [0.2, 0.25) is 0 Å². The van der Waals surface area contributed by atoms with Crippen molar-refractivity contribution < 1.29 is 28.3 Å². The molecule has 3 aliphatic heterocycles. The van der Waals surface area contributed by atoms with E-state index in [1.807, 2.05) is 20.0 Å². The van der Waals surface area contributed by atoms with Crippen LogP contribution in [0, 0.1) is 23.1 Å². The van der Waals surface area contributed by atoms with Crippen molar-refractivity contribution in [2.45, 2.75) is 83.2 Å². The molecule has 1 saturated carbocycles. The lowest BCUT2D eigenvalue weighted by molar-refractivity contribution is -0.553. The molecule has 0 radical (unpaired) electrons. The third-order valence-corrected chi connectivity index (χ3v) is 9.47. The Labute approximate surface area is 236 Å². The average molecular weight is 551 g/mol. The first-order chi connectivity index (χ1) is 19.1. The van der Waals surface area contributed by atoms with Gasteiger partial charge >= 0.3 is 5.97 Å². The molecule has 40 heavy (non-hydrogen) atoms. The highest BCUT2D eigenvalue weighted by atomic mass is 19.1. The number of nitrogens with zero attached hydrogens (tertiary/aromatic N) is 3. The molecule has 3 heterocycles. The minimum atomic E-state index is -0.915. The number of halogens is 1. The Balaban J connectivity index is 1.38. The van der Waals surface area contributed by atoms with Gasteiger partial charge in [-0.25, -0.2) is 14.1 Å². The van der Waals surface area contributed by atoms with Crippen molar-refractivity contribution in [2.24, 2.45) is 5.92 Å². The topological polar surface area (TPSA) is 85.8 Å².